The number of Topliss-reactive ketones (excluding diaryl/α,β-unsaturated/α-hetero) is 1. The van der Waals surface area contributed by atoms with E-state index in [2.05, 4.69) is 0 Å². The minimum Gasteiger partial charge on any atom is -0.493 e. The van der Waals surface area contributed by atoms with Crippen LogP contribution in [0.25, 0.3) is 11.6 Å². The van der Waals surface area contributed by atoms with Gasteiger partial charge in [-0.1, -0.05) is 6.07 Å². The second-order valence-corrected chi connectivity index (χ2v) is 6.27. The third-order valence-corrected chi connectivity index (χ3v) is 4.84. The molecule has 0 spiro atoms. The lowest BCUT2D eigenvalue weighted by Gasteiger charge is -2.24. The average Bonchev–Trinajstić information content (AvgIpc) is 2.73. The lowest BCUT2D eigenvalue weighted by molar-refractivity contribution is -0.113. The van der Waals surface area contributed by atoms with E-state index in [0.29, 0.717) is 47.2 Å². The number of ketones is 1. The summed E-state index contributed by atoms with van der Waals surface area (Å²) in [6.07, 6.45) is 2.84. The van der Waals surface area contributed by atoms with Crippen molar-refractivity contribution in [2.24, 2.45) is 0 Å². The smallest absolute Gasteiger partial charge is 0.203 e. The van der Waals surface area contributed by atoms with Gasteiger partial charge in [-0.05, 0) is 41.8 Å². The Labute approximate surface area is 164 Å². The first kappa shape index (κ1) is 19.6. The molecule has 0 saturated heterocycles. The van der Waals surface area contributed by atoms with E-state index in [1.54, 1.807) is 35.5 Å². The Hall–Kier alpha value is -3.15. The summed E-state index contributed by atoms with van der Waals surface area (Å²) in [6.45, 7) is 0. The first-order chi connectivity index (χ1) is 13.6. The molecule has 0 fully saturated rings. The molecule has 0 aromatic heterocycles. The Balaban J connectivity index is 2.19. The molecule has 0 unspecified atom stereocenters. The second kappa shape index (κ2) is 8.25. The van der Waals surface area contributed by atoms with E-state index >= 15 is 0 Å². The van der Waals surface area contributed by atoms with Crippen LogP contribution in [0.3, 0.4) is 0 Å². The molecular formula is C22H24O6. The minimum atomic E-state index is 0.0663. The zero-order chi connectivity index (χ0) is 20.3. The van der Waals surface area contributed by atoms with Gasteiger partial charge in [-0.15, -0.1) is 0 Å². The minimum absolute atomic E-state index is 0.0663. The van der Waals surface area contributed by atoms with Gasteiger partial charge in [0, 0.05) is 17.6 Å². The Kier molecular flexibility index (Phi) is 5.78. The van der Waals surface area contributed by atoms with E-state index in [4.69, 9.17) is 23.7 Å². The van der Waals surface area contributed by atoms with Crippen LogP contribution in [0.2, 0.25) is 0 Å². The molecule has 6 nitrogen and oxygen atoms in total. The maximum Gasteiger partial charge on any atom is 0.203 e. The summed E-state index contributed by atoms with van der Waals surface area (Å²) in [5, 5.41) is 0. The zero-order valence-electron chi connectivity index (χ0n) is 16.8. The van der Waals surface area contributed by atoms with Crippen LogP contribution in [-0.2, 0) is 11.2 Å². The maximum atomic E-state index is 12.8. The molecule has 0 atom stereocenters. The summed E-state index contributed by atoms with van der Waals surface area (Å²) in [4.78, 5) is 12.8. The van der Waals surface area contributed by atoms with Crippen LogP contribution in [0.4, 0.5) is 0 Å². The van der Waals surface area contributed by atoms with Crippen molar-refractivity contribution >= 4 is 17.4 Å². The highest BCUT2D eigenvalue weighted by Gasteiger charge is 2.29. The van der Waals surface area contributed by atoms with Gasteiger partial charge >= 0.3 is 0 Å². The van der Waals surface area contributed by atoms with Gasteiger partial charge in [-0.3, -0.25) is 4.79 Å². The molecule has 3 rings (SSSR count). The molecule has 0 N–H and O–H groups in total. The number of benzene rings is 2. The normalized spacial score (nSPS) is 14.5. The van der Waals surface area contributed by atoms with Crippen molar-refractivity contribution in [1.29, 1.82) is 0 Å². The molecule has 0 amide bonds. The molecule has 2 aromatic carbocycles. The van der Waals surface area contributed by atoms with Gasteiger partial charge in [0.2, 0.25) is 5.75 Å². The fourth-order valence-electron chi connectivity index (χ4n) is 3.50. The van der Waals surface area contributed by atoms with Gasteiger partial charge in [0.25, 0.3) is 0 Å². The number of hydrogen-bond acceptors (Lipinski definition) is 6. The van der Waals surface area contributed by atoms with Crippen LogP contribution in [0.5, 0.6) is 28.7 Å². The highest BCUT2D eigenvalue weighted by Crippen LogP contribution is 2.46. The summed E-state index contributed by atoms with van der Waals surface area (Å²) in [6, 6.07) is 7.37. The summed E-state index contributed by atoms with van der Waals surface area (Å²) in [5.41, 5.74) is 3.17. The van der Waals surface area contributed by atoms with Gasteiger partial charge in [0.15, 0.2) is 28.8 Å². The maximum absolute atomic E-state index is 12.8. The quantitative estimate of drug-likeness (QED) is 0.706. The van der Waals surface area contributed by atoms with E-state index in [9.17, 15) is 4.79 Å². The Morgan fingerprint density at radius 2 is 1.43 bits per heavy atom. The number of hydrogen-bond donors (Lipinski definition) is 0. The van der Waals surface area contributed by atoms with Gasteiger partial charge in [0.1, 0.15) is 0 Å². The van der Waals surface area contributed by atoms with Crippen molar-refractivity contribution in [3.05, 3.63) is 41.0 Å². The van der Waals surface area contributed by atoms with Gasteiger partial charge in [-0.25, -0.2) is 0 Å². The van der Waals surface area contributed by atoms with Crippen molar-refractivity contribution < 1.29 is 28.5 Å². The number of fused-ring (bicyclic) bond motifs is 1. The SMILES string of the molecule is COc1ccc(/C=C2/C(=O)CCc3c2cc(OC)c(OC)c3OC)cc1OC. The number of carbonyl (C=O) groups is 1. The zero-order valence-corrected chi connectivity index (χ0v) is 16.8. The molecule has 0 bridgehead atoms. The number of allylic oxidation sites excluding steroid dienone is 1. The predicted octanol–water partition coefficient (Wildman–Crippen LogP) is 3.79. The third-order valence-electron chi connectivity index (χ3n) is 4.84. The molecule has 0 radical (unpaired) electrons. The van der Waals surface area contributed by atoms with E-state index in [1.807, 2.05) is 30.3 Å². The first-order valence-electron chi connectivity index (χ1n) is 8.87. The van der Waals surface area contributed by atoms with E-state index < -0.39 is 0 Å². The monoisotopic (exact) mass is 384 g/mol. The van der Waals surface area contributed by atoms with Crippen molar-refractivity contribution in [2.45, 2.75) is 12.8 Å². The first-order valence-corrected chi connectivity index (χ1v) is 8.87. The highest BCUT2D eigenvalue weighted by molar-refractivity contribution is 6.27. The molecule has 2 aromatic rings. The van der Waals surface area contributed by atoms with E-state index in [-0.39, 0.29) is 5.78 Å². The van der Waals surface area contributed by atoms with Gasteiger partial charge in [0.05, 0.1) is 35.5 Å². The molecular weight excluding hydrogens is 360 g/mol. The largest absolute Gasteiger partial charge is 0.493 e. The molecule has 0 heterocycles. The Bertz CT molecular complexity index is 929. The lowest BCUT2D eigenvalue weighted by Crippen LogP contribution is -2.14. The third kappa shape index (κ3) is 3.38. The second-order valence-electron chi connectivity index (χ2n) is 6.27. The highest BCUT2D eigenvalue weighted by atomic mass is 16.5. The predicted molar refractivity (Wildman–Crippen MR) is 107 cm³/mol. The van der Waals surface area contributed by atoms with E-state index in [1.165, 1.54) is 0 Å². The van der Waals surface area contributed by atoms with Crippen LogP contribution in [0, 0.1) is 0 Å². The molecule has 1 aliphatic rings. The van der Waals surface area contributed by atoms with Gasteiger partial charge < -0.3 is 23.7 Å². The van der Waals surface area contributed by atoms with Crippen molar-refractivity contribution in [1.82, 2.24) is 0 Å². The molecule has 0 aliphatic heterocycles. The molecule has 28 heavy (non-hydrogen) atoms. The fraction of sp³-hybridized carbons (Fsp3) is 0.318. The molecule has 1 aliphatic carbocycles. The van der Waals surface area contributed by atoms with Crippen LogP contribution >= 0.6 is 0 Å². The van der Waals surface area contributed by atoms with Gasteiger partial charge in [-0.2, -0.15) is 0 Å². The molecule has 6 heteroatoms. The van der Waals surface area contributed by atoms with Crippen LogP contribution < -0.4 is 23.7 Å². The summed E-state index contributed by atoms with van der Waals surface area (Å²) >= 11 is 0. The van der Waals surface area contributed by atoms with Crippen molar-refractivity contribution in [3.8, 4) is 28.7 Å². The van der Waals surface area contributed by atoms with Crippen molar-refractivity contribution in [3.63, 3.8) is 0 Å². The number of ether oxygens (including phenoxy) is 5. The number of rotatable bonds is 6. The summed E-state index contributed by atoms with van der Waals surface area (Å²) < 4.78 is 27.2. The molecule has 0 saturated carbocycles. The standard InChI is InChI=1S/C22H24O6/c1-24-18-9-6-13(11-19(18)25-2)10-16-15-12-20(26-3)22(28-5)21(27-4)14(15)7-8-17(16)23/h6,9-12H,7-8H2,1-5H3/b16-10+. The Morgan fingerprint density at radius 3 is 2.04 bits per heavy atom. The summed E-state index contributed by atoms with van der Waals surface area (Å²) in [7, 11) is 7.89. The number of methoxy groups -OCH3 is 5. The Morgan fingerprint density at radius 1 is 0.750 bits per heavy atom. The lowest BCUT2D eigenvalue weighted by atomic mass is 9.84. The number of carbonyl (C=O) groups excluding carboxylic acids is 1. The molecule has 148 valence electrons. The topological polar surface area (TPSA) is 63.2 Å². The van der Waals surface area contributed by atoms with Crippen LogP contribution in [0.1, 0.15) is 23.1 Å². The van der Waals surface area contributed by atoms with Crippen LogP contribution in [0.15, 0.2) is 24.3 Å². The average molecular weight is 384 g/mol. The summed E-state index contributed by atoms with van der Waals surface area (Å²) in [5.74, 6) is 2.95. The fourth-order valence-corrected chi connectivity index (χ4v) is 3.50. The van der Waals surface area contributed by atoms with Crippen molar-refractivity contribution in [2.75, 3.05) is 35.5 Å². The van der Waals surface area contributed by atoms with E-state index in [0.717, 1.165) is 16.7 Å². The van der Waals surface area contributed by atoms with Crippen LogP contribution in [-0.4, -0.2) is 41.3 Å².